The minimum atomic E-state index is -4.74. The van der Waals surface area contributed by atoms with Crippen LogP contribution in [0.3, 0.4) is 0 Å². The van der Waals surface area contributed by atoms with E-state index in [0.717, 1.165) is 17.4 Å². The maximum atomic E-state index is 13.3. The molecular weight excluding hydrogens is 525 g/mol. The Hall–Kier alpha value is -3.22. The second kappa shape index (κ2) is 10.2. The Labute approximate surface area is 206 Å². The van der Waals surface area contributed by atoms with Crippen LogP contribution in [0.4, 0.5) is 24.0 Å². The number of carbonyl (C=O) groups excluding carboxylic acids is 1. The summed E-state index contributed by atoms with van der Waals surface area (Å²) in [6, 6.07) is 7.58. The van der Waals surface area contributed by atoms with Crippen LogP contribution in [0, 0.1) is 25.2 Å². The molecule has 0 bridgehead atoms. The summed E-state index contributed by atoms with van der Waals surface area (Å²) in [6.07, 6.45) is -4.74. The first-order valence-electron chi connectivity index (χ1n) is 9.69. The summed E-state index contributed by atoms with van der Waals surface area (Å²) >= 11 is 1.78. The summed E-state index contributed by atoms with van der Waals surface area (Å²) < 4.78 is 67.1. The highest BCUT2D eigenvalue weighted by Crippen LogP contribution is 2.37. The van der Waals surface area contributed by atoms with Crippen molar-refractivity contribution in [1.29, 1.82) is 5.26 Å². The van der Waals surface area contributed by atoms with Crippen molar-refractivity contribution in [3.8, 4) is 6.07 Å². The number of sulfonamides is 1. The molecule has 35 heavy (non-hydrogen) atoms. The minimum Gasteiger partial charge on any atom is -0.325 e. The van der Waals surface area contributed by atoms with Crippen molar-refractivity contribution in [2.45, 2.75) is 42.1 Å². The van der Waals surface area contributed by atoms with Crippen LogP contribution in [-0.4, -0.2) is 34.8 Å². The zero-order valence-electron chi connectivity index (χ0n) is 18.3. The van der Waals surface area contributed by atoms with E-state index in [9.17, 15) is 31.6 Å². The average molecular weight is 543 g/mol. The number of benzene rings is 1. The summed E-state index contributed by atoms with van der Waals surface area (Å²) in [5.41, 5.74) is -1.44. The number of thioether (sulfide) groups is 1. The molecule has 0 aliphatic heterocycles. The number of halogens is 3. The first-order valence-corrected chi connectivity index (χ1v) is 12.9. The van der Waals surface area contributed by atoms with Gasteiger partial charge in [0.1, 0.15) is 16.1 Å². The van der Waals surface area contributed by atoms with Crippen LogP contribution >= 0.6 is 23.1 Å². The number of alkyl halides is 3. The molecule has 184 valence electrons. The van der Waals surface area contributed by atoms with Gasteiger partial charge < -0.3 is 5.32 Å². The number of rotatable bonds is 7. The third-order valence-electron chi connectivity index (χ3n) is 4.37. The Morgan fingerprint density at radius 2 is 1.86 bits per heavy atom. The number of hydrogen-bond acceptors (Lipinski definition) is 9. The Balaban J connectivity index is 1.72. The molecule has 15 heteroatoms. The summed E-state index contributed by atoms with van der Waals surface area (Å²) in [7, 11) is -3.92. The van der Waals surface area contributed by atoms with Crippen molar-refractivity contribution >= 4 is 49.8 Å². The predicted octanol–water partition coefficient (Wildman–Crippen LogP) is 4.36. The van der Waals surface area contributed by atoms with Crippen LogP contribution in [-0.2, 0) is 21.0 Å². The van der Waals surface area contributed by atoms with Crippen LogP contribution in [0.25, 0.3) is 0 Å². The molecule has 2 aromatic heterocycles. The van der Waals surface area contributed by atoms with Gasteiger partial charge in [0.05, 0.1) is 21.3 Å². The molecule has 0 spiro atoms. The number of amides is 1. The molecule has 0 saturated carbocycles. The molecule has 2 heterocycles. The molecule has 2 N–H and O–H groups in total. The van der Waals surface area contributed by atoms with E-state index in [4.69, 9.17) is 0 Å². The number of nitrogens with one attached hydrogen (secondary N) is 2. The molecular formula is C20H17F3N6O3S3. The molecule has 3 aromatic rings. The number of hydrogen-bond donors (Lipinski definition) is 2. The molecule has 3 rings (SSSR count). The minimum absolute atomic E-state index is 0.0560. The number of anilines is 2. The van der Waals surface area contributed by atoms with Gasteiger partial charge in [0, 0.05) is 11.4 Å². The maximum absolute atomic E-state index is 13.3. The SMILES string of the molecule is Cc1cc(C(F)(F)F)c(C#N)c(SC(C)C(=O)Nc2ccc(S(=O)(=O)Nc3nnc(C)s3)cc2)n1. The van der Waals surface area contributed by atoms with E-state index < -0.39 is 38.5 Å². The van der Waals surface area contributed by atoms with E-state index >= 15 is 0 Å². The Morgan fingerprint density at radius 3 is 2.40 bits per heavy atom. The summed E-state index contributed by atoms with van der Waals surface area (Å²) in [4.78, 5) is 16.5. The van der Waals surface area contributed by atoms with Crippen molar-refractivity contribution in [3.63, 3.8) is 0 Å². The van der Waals surface area contributed by atoms with Crippen LogP contribution in [0.2, 0.25) is 0 Å². The molecule has 1 atom stereocenters. The lowest BCUT2D eigenvalue weighted by Gasteiger charge is -2.16. The van der Waals surface area contributed by atoms with Gasteiger partial charge in [-0.15, -0.1) is 10.2 Å². The monoisotopic (exact) mass is 542 g/mol. The fourth-order valence-electron chi connectivity index (χ4n) is 2.76. The van der Waals surface area contributed by atoms with E-state index in [0.29, 0.717) is 16.8 Å². The number of carbonyl (C=O) groups is 1. The third kappa shape index (κ3) is 6.47. The van der Waals surface area contributed by atoms with Gasteiger partial charge in [0.15, 0.2) is 0 Å². The largest absolute Gasteiger partial charge is 0.417 e. The lowest BCUT2D eigenvalue weighted by Crippen LogP contribution is -2.23. The van der Waals surface area contributed by atoms with Gasteiger partial charge >= 0.3 is 6.18 Å². The highest BCUT2D eigenvalue weighted by atomic mass is 32.2. The standard InChI is InChI=1S/C20H17F3N6O3S3/c1-10-8-16(20(21,22)23)15(9-24)18(25-10)33-11(2)17(30)26-13-4-6-14(7-5-13)35(31,32)29-19-28-27-12(3)34-19/h4-8,11H,1-3H3,(H,26,30)(H,28,29). The van der Waals surface area contributed by atoms with Gasteiger partial charge in [-0.3, -0.25) is 9.52 Å². The van der Waals surface area contributed by atoms with Crippen LogP contribution in [0.1, 0.15) is 28.8 Å². The van der Waals surface area contributed by atoms with Crippen LogP contribution in [0.5, 0.6) is 0 Å². The fourth-order valence-corrected chi connectivity index (χ4v) is 5.55. The molecule has 0 saturated heterocycles. The number of nitrogens with zero attached hydrogens (tertiary/aromatic N) is 4. The number of pyridine rings is 1. The molecule has 0 radical (unpaired) electrons. The van der Waals surface area contributed by atoms with Crippen molar-refractivity contribution in [2.75, 3.05) is 10.0 Å². The smallest absolute Gasteiger partial charge is 0.325 e. The Bertz CT molecular complexity index is 1400. The normalized spacial score (nSPS) is 12.6. The summed E-state index contributed by atoms with van der Waals surface area (Å²) in [5.74, 6) is -0.575. The Kier molecular flexibility index (Phi) is 7.68. The first-order chi connectivity index (χ1) is 16.3. The summed E-state index contributed by atoms with van der Waals surface area (Å²) in [5, 5.41) is 18.8. The third-order valence-corrected chi connectivity index (χ3v) is 7.69. The summed E-state index contributed by atoms with van der Waals surface area (Å²) in [6.45, 7) is 4.49. The van der Waals surface area contributed by atoms with Gasteiger partial charge in [-0.2, -0.15) is 18.4 Å². The molecule has 1 aromatic carbocycles. The number of aromatic nitrogens is 3. The first kappa shape index (κ1) is 26.4. The zero-order chi connectivity index (χ0) is 26.0. The fraction of sp³-hybridized carbons (Fsp3) is 0.250. The van der Waals surface area contributed by atoms with Crippen molar-refractivity contribution in [2.24, 2.45) is 0 Å². The Morgan fingerprint density at radius 1 is 1.20 bits per heavy atom. The molecule has 0 aliphatic rings. The molecule has 9 nitrogen and oxygen atoms in total. The molecule has 1 unspecified atom stereocenters. The van der Waals surface area contributed by atoms with Gasteiger partial charge in [-0.25, -0.2) is 13.4 Å². The van der Waals surface area contributed by atoms with Crippen LogP contribution in [0.15, 0.2) is 40.3 Å². The van der Waals surface area contributed by atoms with E-state index in [1.807, 2.05) is 0 Å². The van der Waals surface area contributed by atoms with Gasteiger partial charge in [0.2, 0.25) is 11.0 Å². The van der Waals surface area contributed by atoms with Crippen molar-refractivity contribution < 1.29 is 26.4 Å². The lowest BCUT2D eigenvalue weighted by molar-refractivity contribution is -0.138. The highest BCUT2D eigenvalue weighted by molar-refractivity contribution is 8.00. The van der Waals surface area contributed by atoms with E-state index in [1.54, 1.807) is 6.92 Å². The zero-order valence-corrected chi connectivity index (χ0v) is 20.8. The van der Waals surface area contributed by atoms with E-state index in [-0.39, 0.29) is 26.4 Å². The van der Waals surface area contributed by atoms with Gasteiger partial charge in [-0.05, 0) is 51.1 Å². The van der Waals surface area contributed by atoms with Gasteiger partial charge in [-0.1, -0.05) is 23.1 Å². The lowest BCUT2D eigenvalue weighted by atomic mass is 10.1. The maximum Gasteiger partial charge on any atom is 0.417 e. The molecule has 0 aliphatic carbocycles. The second-order valence-electron chi connectivity index (χ2n) is 7.11. The molecule has 1 amide bonds. The number of aryl methyl sites for hydroxylation is 2. The molecule has 0 fully saturated rings. The van der Waals surface area contributed by atoms with Crippen molar-refractivity contribution in [1.82, 2.24) is 15.2 Å². The van der Waals surface area contributed by atoms with Gasteiger partial charge in [0.25, 0.3) is 10.0 Å². The second-order valence-corrected chi connectivity index (χ2v) is 11.3. The predicted molar refractivity (Wildman–Crippen MR) is 125 cm³/mol. The van der Waals surface area contributed by atoms with Crippen molar-refractivity contribution in [3.05, 3.63) is 52.2 Å². The van der Waals surface area contributed by atoms with E-state index in [2.05, 4.69) is 25.2 Å². The number of nitriles is 1. The van der Waals surface area contributed by atoms with E-state index in [1.165, 1.54) is 44.2 Å². The quantitative estimate of drug-likeness (QED) is 0.420. The topological polar surface area (TPSA) is 138 Å². The highest BCUT2D eigenvalue weighted by Gasteiger charge is 2.36. The van der Waals surface area contributed by atoms with Crippen LogP contribution < -0.4 is 10.0 Å². The average Bonchev–Trinajstić information content (AvgIpc) is 3.16.